The van der Waals surface area contributed by atoms with Gasteiger partial charge in [-0.05, 0) is 48.9 Å². The highest BCUT2D eigenvalue weighted by Crippen LogP contribution is 2.37. The Hall–Kier alpha value is -3.82. The van der Waals surface area contributed by atoms with Crippen LogP contribution in [0, 0.1) is 5.92 Å². The van der Waals surface area contributed by atoms with Gasteiger partial charge in [-0.25, -0.2) is 24.1 Å². The maximum atomic E-state index is 13.2. The van der Waals surface area contributed by atoms with Gasteiger partial charge in [0, 0.05) is 18.3 Å². The molecule has 1 aliphatic carbocycles. The lowest BCUT2D eigenvalue weighted by molar-refractivity contribution is -0.141. The van der Waals surface area contributed by atoms with Crippen LogP contribution in [0.25, 0.3) is 10.8 Å². The maximum absolute atomic E-state index is 13.2. The smallest absolute Gasteiger partial charge is 0.340 e. The molecule has 6 rings (SSSR count). The maximum Gasteiger partial charge on any atom is 0.340 e. The quantitative estimate of drug-likeness (QED) is 0.460. The van der Waals surface area contributed by atoms with Crippen LogP contribution in [0.5, 0.6) is 5.88 Å². The molecule has 3 aromatic heterocycles. The van der Waals surface area contributed by atoms with Gasteiger partial charge in [0.15, 0.2) is 0 Å². The highest BCUT2D eigenvalue weighted by Gasteiger charge is 2.48. The van der Waals surface area contributed by atoms with Crippen molar-refractivity contribution in [3.8, 4) is 5.88 Å². The van der Waals surface area contributed by atoms with E-state index in [0.717, 1.165) is 29.2 Å². The third-order valence-corrected chi connectivity index (χ3v) is 7.63. The van der Waals surface area contributed by atoms with Crippen molar-refractivity contribution in [1.29, 1.82) is 0 Å². The van der Waals surface area contributed by atoms with Crippen LogP contribution in [0.2, 0.25) is 0 Å². The summed E-state index contributed by atoms with van der Waals surface area (Å²) in [6.07, 6.45) is 4.28. The van der Waals surface area contributed by atoms with Crippen molar-refractivity contribution in [2.75, 3.05) is 18.4 Å². The van der Waals surface area contributed by atoms with Crippen LogP contribution < -0.4 is 10.1 Å². The average Bonchev–Trinajstić information content (AvgIpc) is 3.62. The molecule has 0 radical (unpaired) electrons. The number of amides is 1. The fourth-order valence-electron chi connectivity index (χ4n) is 5.05. The Kier molecular flexibility index (Phi) is 6.12. The molecular weight excluding hydrogens is 489 g/mol. The molecule has 3 aliphatic rings. The van der Waals surface area contributed by atoms with E-state index in [9.17, 15) is 14.0 Å². The summed E-state index contributed by atoms with van der Waals surface area (Å²) in [5, 5.41) is 5.04. The highest BCUT2D eigenvalue weighted by molar-refractivity contribution is 5.93. The lowest BCUT2D eigenvalue weighted by Gasteiger charge is -2.39. The minimum atomic E-state index is -0.993. The van der Waals surface area contributed by atoms with Crippen molar-refractivity contribution < 1.29 is 23.5 Å². The van der Waals surface area contributed by atoms with Gasteiger partial charge < -0.3 is 19.7 Å². The molecule has 0 spiro atoms. The number of nitrogens with zero attached hydrogens (tertiary/aromatic N) is 4. The van der Waals surface area contributed by atoms with Gasteiger partial charge in [-0.15, -0.1) is 0 Å². The Morgan fingerprint density at radius 3 is 2.71 bits per heavy atom. The molecule has 3 unspecified atom stereocenters. The molecule has 3 aromatic rings. The van der Waals surface area contributed by atoms with Gasteiger partial charge in [-0.2, -0.15) is 0 Å². The molecule has 2 aliphatic heterocycles. The Morgan fingerprint density at radius 1 is 1.18 bits per heavy atom. The van der Waals surface area contributed by atoms with Gasteiger partial charge in [0.05, 0.1) is 35.7 Å². The number of cyclic esters (lactones) is 1. The predicted octanol–water partition coefficient (Wildman–Crippen LogP) is 4.33. The molecule has 1 saturated heterocycles. The van der Waals surface area contributed by atoms with Crippen LogP contribution in [0.3, 0.4) is 0 Å². The molecule has 0 bridgehead atoms. The number of nitrogens with one attached hydrogen (secondary N) is 1. The zero-order chi connectivity index (χ0) is 26.6. The number of alkyl halides is 1. The van der Waals surface area contributed by atoms with Crippen LogP contribution in [0.4, 0.5) is 16.0 Å². The summed E-state index contributed by atoms with van der Waals surface area (Å²) in [5.41, 5.74) is 2.28. The molecule has 9 nitrogen and oxygen atoms in total. The molecule has 1 saturated carbocycles. The van der Waals surface area contributed by atoms with Crippen molar-refractivity contribution in [3.63, 3.8) is 0 Å². The van der Waals surface area contributed by atoms with Crippen molar-refractivity contribution >= 4 is 34.3 Å². The second-order valence-corrected chi connectivity index (χ2v) is 10.4. The van der Waals surface area contributed by atoms with Crippen LogP contribution in [-0.2, 0) is 16.0 Å². The Labute approximate surface area is 219 Å². The molecule has 1 amide bonds. The largest absolute Gasteiger partial charge is 0.470 e. The van der Waals surface area contributed by atoms with Gasteiger partial charge in [0.25, 0.3) is 0 Å². The molecule has 10 heteroatoms. The number of likely N-dealkylation sites (tertiary alicyclic amines) is 1. The van der Waals surface area contributed by atoms with Crippen molar-refractivity contribution in [1.82, 2.24) is 19.9 Å². The first-order chi connectivity index (χ1) is 18.3. The Balaban J connectivity index is 1.23. The number of rotatable bonds is 7. The first-order valence-electron chi connectivity index (χ1n) is 13.2. The summed E-state index contributed by atoms with van der Waals surface area (Å²) in [6.45, 7) is 6.84. The molecule has 4 atom stereocenters. The number of anilines is 2. The SMILES string of the molecule is CCCc1cnc(OC2CN(C(=O)C3CC3F)C2)c2cnc(Nc3ccc4c(n3)C(C)[C@H](C)OC4=O)cc12. The molecule has 0 aromatic carbocycles. The van der Waals surface area contributed by atoms with Crippen molar-refractivity contribution in [3.05, 3.63) is 47.4 Å². The van der Waals surface area contributed by atoms with Crippen LogP contribution in [-0.4, -0.2) is 63.2 Å². The van der Waals surface area contributed by atoms with E-state index in [1.807, 2.05) is 26.1 Å². The van der Waals surface area contributed by atoms with Gasteiger partial charge in [0.1, 0.15) is 30.0 Å². The van der Waals surface area contributed by atoms with Crippen molar-refractivity contribution in [2.24, 2.45) is 5.92 Å². The standard InChI is InChI=1S/C28H30FN5O4/c1-4-5-16-10-31-26(38-17-12-34(13-17)27(35)20-8-22(20)29)21-11-30-24(9-19(16)21)32-23-7-6-18-25(33-23)14(2)15(3)37-28(18)36/h6-7,9-11,14-15,17,20,22H,4-5,8,12-13H2,1-3H3,(H,30,32,33)/t14?,15-,20?,22?/m0/s1. The van der Waals surface area contributed by atoms with E-state index >= 15 is 0 Å². The van der Waals surface area contributed by atoms with E-state index < -0.39 is 12.1 Å². The lowest BCUT2D eigenvalue weighted by atomic mass is 9.94. The third-order valence-electron chi connectivity index (χ3n) is 7.63. The number of carbonyl (C=O) groups excluding carboxylic acids is 2. The average molecular weight is 520 g/mol. The molecule has 1 N–H and O–H groups in total. The highest BCUT2D eigenvalue weighted by atomic mass is 19.1. The van der Waals surface area contributed by atoms with E-state index in [-0.39, 0.29) is 30.0 Å². The lowest BCUT2D eigenvalue weighted by Crippen LogP contribution is -2.56. The number of halogens is 1. The van der Waals surface area contributed by atoms with Crippen LogP contribution in [0.15, 0.2) is 30.6 Å². The van der Waals surface area contributed by atoms with Crippen LogP contribution in [0.1, 0.15) is 61.1 Å². The van der Waals surface area contributed by atoms with E-state index in [4.69, 9.17) is 14.5 Å². The molecule has 198 valence electrons. The van der Waals surface area contributed by atoms with E-state index in [2.05, 4.69) is 22.2 Å². The van der Waals surface area contributed by atoms with Crippen molar-refractivity contribution in [2.45, 2.75) is 64.3 Å². The number of pyridine rings is 3. The number of aromatic nitrogens is 3. The number of aryl methyl sites for hydroxylation is 1. The normalized spacial score (nSPS) is 24.4. The van der Waals surface area contributed by atoms with Crippen LogP contribution >= 0.6 is 0 Å². The summed E-state index contributed by atoms with van der Waals surface area (Å²) in [6, 6.07) is 5.44. The monoisotopic (exact) mass is 519 g/mol. The van der Waals surface area contributed by atoms with E-state index in [1.54, 1.807) is 23.2 Å². The predicted molar refractivity (Wildman–Crippen MR) is 138 cm³/mol. The number of fused-ring (bicyclic) bond motifs is 2. The molecule has 38 heavy (non-hydrogen) atoms. The third kappa shape index (κ3) is 4.41. The number of esters is 1. The first kappa shape index (κ1) is 24.5. The minimum absolute atomic E-state index is 0.0173. The van der Waals surface area contributed by atoms with Gasteiger partial charge >= 0.3 is 5.97 Å². The van der Waals surface area contributed by atoms with E-state index in [1.165, 1.54) is 0 Å². The summed E-state index contributed by atoms with van der Waals surface area (Å²) in [7, 11) is 0. The summed E-state index contributed by atoms with van der Waals surface area (Å²) in [4.78, 5) is 40.0. The molecular formula is C28H30FN5O4. The van der Waals surface area contributed by atoms with Gasteiger partial charge in [-0.3, -0.25) is 4.79 Å². The minimum Gasteiger partial charge on any atom is -0.470 e. The molecule has 5 heterocycles. The van der Waals surface area contributed by atoms with E-state index in [0.29, 0.717) is 48.3 Å². The Bertz CT molecular complexity index is 1430. The van der Waals surface area contributed by atoms with Gasteiger partial charge in [-0.1, -0.05) is 20.3 Å². The number of carbonyl (C=O) groups is 2. The topological polar surface area (TPSA) is 107 Å². The summed E-state index contributed by atoms with van der Waals surface area (Å²) in [5.74, 6) is 0.721. The number of hydrogen-bond acceptors (Lipinski definition) is 8. The summed E-state index contributed by atoms with van der Waals surface area (Å²) >= 11 is 0. The first-order valence-corrected chi connectivity index (χ1v) is 13.2. The Morgan fingerprint density at radius 2 is 1.97 bits per heavy atom. The zero-order valence-electron chi connectivity index (χ0n) is 21.6. The second-order valence-electron chi connectivity index (χ2n) is 10.4. The fraction of sp³-hybridized carbons (Fsp3) is 0.464. The fourth-order valence-corrected chi connectivity index (χ4v) is 5.05. The second kappa shape index (κ2) is 9.49. The van der Waals surface area contributed by atoms with Gasteiger partial charge in [0.2, 0.25) is 11.8 Å². The number of ether oxygens (including phenoxy) is 2. The summed E-state index contributed by atoms with van der Waals surface area (Å²) < 4.78 is 24.8. The molecule has 2 fully saturated rings. The number of hydrogen-bond donors (Lipinski definition) is 1. The zero-order valence-corrected chi connectivity index (χ0v) is 21.6.